The fraction of sp³-hybridized carbons (Fsp3) is 0.444. The number of aryl methyl sites for hydroxylation is 2. The van der Waals surface area contributed by atoms with Crippen molar-refractivity contribution in [3.63, 3.8) is 0 Å². The highest BCUT2D eigenvalue weighted by molar-refractivity contribution is 7.21. The lowest BCUT2D eigenvalue weighted by atomic mass is 10.0. The maximum atomic E-state index is 2.71. The second-order valence-electron chi connectivity index (χ2n) is 12.9. The third-order valence-electron chi connectivity index (χ3n) is 10.0. The third-order valence-corrected chi connectivity index (χ3v) is 17.0. The van der Waals surface area contributed by atoms with Crippen LogP contribution in [0.4, 0.5) is 0 Å². The van der Waals surface area contributed by atoms with Crippen LogP contribution in [0.25, 0.3) is 31.3 Å². The molecule has 0 amide bonds. The van der Waals surface area contributed by atoms with E-state index in [2.05, 4.69) is 114 Å². The average molecular weight is 569 g/mol. The molecule has 2 aliphatic rings. The van der Waals surface area contributed by atoms with Gasteiger partial charge in [-0.15, -0.1) is 22.7 Å². The molecule has 0 spiro atoms. The molecule has 0 nitrogen and oxygen atoms in total. The molecule has 0 N–H and O–H groups in total. The molecule has 4 aromatic rings. The highest BCUT2D eigenvalue weighted by Gasteiger charge is 2.50. The summed E-state index contributed by atoms with van der Waals surface area (Å²) in [6, 6.07) is 14.8. The summed E-state index contributed by atoms with van der Waals surface area (Å²) in [6.07, 6.45) is 7.48. The Morgan fingerprint density at radius 3 is 1.44 bits per heavy atom. The number of thiophene rings is 2. The Labute approximate surface area is 244 Å². The molecule has 2 aliphatic carbocycles. The summed E-state index contributed by atoms with van der Waals surface area (Å²) in [6.45, 7) is 19.7. The van der Waals surface area contributed by atoms with E-state index in [-0.39, 0.29) is 0 Å². The molecule has 0 aliphatic heterocycles. The Bertz CT molecular complexity index is 1530. The normalized spacial score (nSPS) is 19.2. The van der Waals surface area contributed by atoms with Crippen LogP contribution in [0.3, 0.4) is 0 Å². The van der Waals surface area contributed by atoms with Crippen LogP contribution in [0.2, 0.25) is 13.1 Å². The van der Waals surface area contributed by atoms with Crippen molar-refractivity contribution in [1.82, 2.24) is 0 Å². The van der Waals surface area contributed by atoms with Gasteiger partial charge in [0.15, 0.2) is 0 Å². The number of unbranched alkanes of at least 4 members (excludes halogenated alkanes) is 2. The molecule has 204 valence electrons. The van der Waals surface area contributed by atoms with Gasteiger partial charge in [-0.3, -0.25) is 0 Å². The monoisotopic (exact) mass is 568 g/mol. The van der Waals surface area contributed by atoms with E-state index < -0.39 is 8.07 Å². The highest BCUT2D eigenvalue weighted by Crippen LogP contribution is 2.60. The smallest absolute Gasteiger partial charge is 0.0723 e. The van der Waals surface area contributed by atoms with Gasteiger partial charge in [0.2, 0.25) is 0 Å². The summed E-state index contributed by atoms with van der Waals surface area (Å²) in [5.74, 6) is 0. The molecule has 2 aromatic carbocycles. The first-order valence-electron chi connectivity index (χ1n) is 15.1. The van der Waals surface area contributed by atoms with Crippen LogP contribution < -0.4 is 0 Å². The Morgan fingerprint density at radius 2 is 1.05 bits per heavy atom. The lowest BCUT2D eigenvalue weighted by Gasteiger charge is -2.39. The molecule has 0 saturated heterocycles. The Morgan fingerprint density at radius 1 is 0.641 bits per heavy atom. The zero-order valence-electron chi connectivity index (χ0n) is 25.2. The van der Waals surface area contributed by atoms with Gasteiger partial charge in [-0.05, 0) is 110 Å². The van der Waals surface area contributed by atoms with Crippen molar-refractivity contribution in [2.24, 2.45) is 0 Å². The second-order valence-corrected chi connectivity index (χ2v) is 19.8. The van der Waals surface area contributed by atoms with E-state index in [1.807, 2.05) is 0 Å². The molecule has 2 atom stereocenters. The van der Waals surface area contributed by atoms with Crippen LogP contribution in [0.5, 0.6) is 0 Å². The first-order valence-corrected chi connectivity index (χ1v) is 19.9. The predicted molar refractivity (Wildman–Crippen MR) is 180 cm³/mol. The number of rotatable bonds is 8. The van der Waals surface area contributed by atoms with E-state index in [1.54, 1.807) is 43.2 Å². The lowest BCUT2D eigenvalue weighted by molar-refractivity contribution is 0.796. The zero-order valence-corrected chi connectivity index (χ0v) is 27.8. The fourth-order valence-corrected chi connectivity index (χ4v) is 15.8. The van der Waals surface area contributed by atoms with Crippen LogP contribution >= 0.6 is 22.7 Å². The van der Waals surface area contributed by atoms with E-state index in [1.165, 1.54) is 69.8 Å². The number of benzene rings is 2. The molecule has 3 heteroatoms. The summed E-state index contributed by atoms with van der Waals surface area (Å²) < 4.78 is 3.01. The Hall–Kier alpha value is -1.94. The van der Waals surface area contributed by atoms with Gasteiger partial charge in [0.1, 0.15) is 0 Å². The molecule has 0 fully saturated rings. The molecule has 0 bridgehead atoms. The quantitative estimate of drug-likeness (QED) is 0.185. The second kappa shape index (κ2) is 10.2. The summed E-state index contributed by atoms with van der Waals surface area (Å²) in [7, 11) is -1.88. The standard InChI is InChI=1S/C36H44S2Si/c1-9-11-13-25-15-17-27-29(19-25)37-33-21(3)23(5)35(31(27)33)39(7,8)36-24(6)22(4)34-32(36)28-18-16-26(14-12-10-2)20-30(28)38-34/h15-20,35-36H,9-14H2,1-8H3. The maximum Gasteiger partial charge on any atom is 0.0723 e. The van der Waals surface area contributed by atoms with Crippen molar-refractivity contribution in [2.75, 3.05) is 0 Å². The van der Waals surface area contributed by atoms with Crippen molar-refractivity contribution in [3.05, 3.63) is 79.6 Å². The first-order chi connectivity index (χ1) is 18.7. The van der Waals surface area contributed by atoms with E-state index >= 15 is 0 Å². The number of fused-ring (bicyclic) bond motifs is 6. The molecule has 0 radical (unpaired) electrons. The van der Waals surface area contributed by atoms with Gasteiger partial charge in [0.25, 0.3) is 0 Å². The minimum atomic E-state index is -1.88. The fourth-order valence-electron chi connectivity index (χ4n) is 7.78. The number of hydrogen-bond acceptors (Lipinski definition) is 2. The average Bonchev–Trinajstić information content (AvgIpc) is 3.60. The topological polar surface area (TPSA) is 0 Å². The van der Waals surface area contributed by atoms with E-state index in [4.69, 9.17) is 0 Å². The SMILES string of the molecule is CCCCc1ccc2c3c(sc2c1)C(C)=C(C)C3[Si](C)(C)C1C(C)=C(C)c2sc3cc(CCCC)ccc3c21. The van der Waals surface area contributed by atoms with Gasteiger partial charge in [0.05, 0.1) is 8.07 Å². The zero-order chi connectivity index (χ0) is 27.6. The molecular formula is C36H44S2Si. The molecular weight excluding hydrogens is 525 g/mol. The summed E-state index contributed by atoms with van der Waals surface area (Å²) in [5, 5.41) is 3.06. The molecule has 39 heavy (non-hydrogen) atoms. The van der Waals surface area contributed by atoms with Crippen LogP contribution in [-0.2, 0) is 12.8 Å². The summed E-state index contributed by atoms with van der Waals surface area (Å²) >= 11 is 4.12. The highest BCUT2D eigenvalue weighted by atomic mass is 32.1. The molecule has 2 unspecified atom stereocenters. The van der Waals surface area contributed by atoms with Gasteiger partial charge in [-0.1, -0.05) is 75.2 Å². The third kappa shape index (κ3) is 4.18. The summed E-state index contributed by atoms with van der Waals surface area (Å²) in [5.41, 5.74) is 13.9. The van der Waals surface area contributed by atoms with E-state index in [0.717, 1.165) is 0 Å². The summed E-state index contributed by atoms with van der Waals surface area (Å²) in [4.78, 5) is 3.15. The largest absolute Gasteiger partial charge is 0.135 e. The van der Waals surface area contributed by atoms with E-state index in [0.29, 0.717) is 11.1 Å². The van der Waals surface area contributed by atoms with Crippen molar-refractivity contribution < 1.29 is 0 Å². The van der Waals surface area contributed by atoms with Crippen LogP contribution in [-0.4, -0.2) is 8.07 Å². The Kier molecular flexibility index (Phi) is 7.09. The molecule has 2 aromatic heterocycles. The van der Waals surface area contributed by atoms with Crippen LogP contribution in [0.15, 0.2) is 47.5 Å². The van der Waals surface area contributed by atoms with Gasteiger partial charge >= 0.3 is 0 Å². The van der Waals surface area contributed by atoms with Crippen molar-refractivity contribution in [3.8, 4) is 0 Å². The molecule has 6 rings (SSSR count). The molecule has 2 heterocycles. The van der Waals surface area contributed by atoms with E-state index in [9.17, 15) is 0 Å². The number of hydrogen-bond donors (Lipinski definition) is 0. The Balaban J connectivity index is 1.47. The van der Waals surface area contributed by atoms with Gasteiger partial charge in [0, 0.05) is 30.2 Å². The van der Waals surface area contributed by atoms with Gasteiger partial charge in [-0.2, -0.15) is 0 Å². The van der Waals surface area contributed by atoms with Crippen molar-refractivity contribution >= 4 is 62.1 Å². The lowest BCUT2D eigenvalue weighted by Crippen LogP contribution is -2.42. The molecule has 0 saturated carbocycles. The minimum Gasteiger partial charge on any atom is -0.135 e. The van der Waals surface area contributed by atoms with Crippen molar-refractivity contribution in [2.45, 2.75) is 104 Å². The predicted octanol–water partition coefficient (Wildman–Crippen LogP) is 12.1. The maximum absolute atomic E-state index is 2.71. The van der Waals surface area contributed by atoms with Gasteiger partial charge < -0.3 is 0 Å². The number of allylic oxidation sites excluding steroid dienone is 4. The minimum absolute atomic E-state index is 0.570. The van der Waals surface area contributed by atoms with Crippen LogP contribution in [0.1, 0.15) is 110 Å². The van der Waals surface area contributed by atoms with Gasteiger partial charge in [-0.25, -0.2) is 0 Å². The first kappa shape index (κ1) is 27.2. The van der Waals surface area contributed by atoms with Crippen molar-refractivity contribution in [1.29, 1.82) is 0 Å². The van der Waals surface area contributed by atoms with Crippen LogP contribution in [0, 0.1) is 0 Å².